The zero-order chi connectivity index (χ0) is 17.6. The van der Waals surface area contributed by atoms with Crippen LogP contribution in [0, 0.1) is 6.92 Å². The molecule has 3 rings (SSSR count). The molecule has 8 heteroatoms. The lowest BCUT2D eigenvalue weighted by Gasteiger charge is -2.09. The van der Waals surface area contributed by atoms with Crippen LogP contribution in [-0.2, 0) is 6.54 Å². The molecule has 128 valence electrons. The number of anilines is 1. The second kappa shape index (κ2) is 7.61. The van der Waals surface area contributed by atoms with Gasteiger partial charge in [-0.3, -0.25) is 9.97 Å². The first kappa shape index (κ1) is 16.7. The minimum absolute atomic E-state index is 0.0236. The molecule has 0 saturated carbocycles. The van der Waals surface area contributed by atoms with Gasteiger partial charge >= 0.3 is 6.61 Å². The Morgan fingerprint density at radius 1 is 1.16 bits per heavy atom. The summed E-state index contributed by atoms with van der Waals surface area (Å²) in [6.07, 6.45) is 4.64. The SMILES string of the molecule is Cc1cc(NCc2ccc(OC(F)F)cn2)nc(-c2cccnc2)n1. The Morgan fingerprint density at radius 3 is 2.72 bits per heavy atom. The maximum atomic E-state index is 12.1. The normalized spacial score (nSPS) is 10.7. The largest absolute Gasteiger partial charge is 0.433 e. The molecule has 3 aromatic heterocycles. The number of ether oxygens (including phenoxy) is 1. The van der Waals surface area contributed by atoms with E-state index >= 15 is 0 Å². The quantitative estimate of drug-likeness (QED) is 0.739. The summed E-state index contributed by atoms with van der Waals surface area (Å²) < 4.78 is 28.5. The second-order valence-corrected chi connectivity index (χ2v) is 5.18. The molecule has 0 amide bonds. The van der Waals surface area contributed by atoms with Gasteiger partial charge in [-0.05, 0) is 31.2 Å². The summed E-state index contributed by atoms with van der Waals surface area (Å²) in [5.74, 6) is 1.24. The van der Waals surface area contributed by atoms with Crippen molar-refractivity contribution in [1.82, 2.24) is 19.9 Å². The van der Waals surface area contributed by atoms with Gasteiger partial charge in [0.05, 0.1) is 18.4 Å². The van der Waals surface area contributed by atoms with Gasteiger partial charge in [-0.1, -0.05) is 0 Å². The van der Waals surface area contributed by atoms with Gasteiger partial charge in [0.25, 0.3) is 0 Å². The fourth-order valence-electron chi connectivity index (χ4n) is 2.15. The first-order chi connectivity index (χ1) is 12.1. The van der Waals surface area contributed by atoms with Crippen molar-refractivity contribution in [3.63, 3.8) is 0 Å². The van der Waals surface area contributed by atoms with E-state index in [1.54, 1.807) is 18.5 Å². The van der Waals surface area contributed by atoms with E-state index in [2.05, 4.69) is 30.0 Å². The number of nitrogens with one attached hydrogen (secondary N) is 1. The predicted octanol–water partition coefficient (Wildman–Crippen LogP) is 3.46. The molecule has 3 aromatic rings. The van der Waals surface area contributed by atoms with Crippen molar-refractivity contribution in [2.24, 2.45) is 0 Å². The molecule has 0 spiro atoms. The van der Waals surface area contributed by atoms with Gasteiger partial charge in [-0.2, -0.15) is 8.78 Å². The van der Waals surface area contributed by atoms with Crippen LogP contribution in [0.3, 0.4) is 0 Å². The average molecular weight is 343 g/mol. The van der Waals surface area contributed by atoms with Crippen LogP contribution in [0.1, 0.15) is 11.4 Å². The van der Waals surface area contributed by atoms with Gasteiger partial charge in [0.15, 0.2) is 5.82 Å². The Kier molecular flexibility index (Phi) is 5.08. The van der Waals surface area contributed by atoms with Gasteiger partial charge in [0, 0.05) is 29.7 Å². The Morgan fingerprint density at radius 2 is 2.04 bits per heavy atom. The number of aryl methyl sites for hydroxylation is 1. The second-order valence-electron chi connectivity index (χ2n) is 5.18. The highest BCUT2D eigenvalue weighted by molar-refractivity contribution is 5.56. The molecule has 0 atom stereocenters. The van der Waals surface area contributed by atoms with Crippen LogP contribution < -0.4 is 10.1 Å². The molecule has 3 heterocycles. The number of hydrogen-bond donors (Lipinski definition) is 1. The van der Waals surface area contributed by atoms with E-state index in [9.17, 15) is 8.78 Å². The number of nitrogens with zero attached hydrogens (tertiary/aromatic N) is 4. The summed E-state index contributed by atoms with van der Waals surface area (Å²) in [7, 11) is 0. The maximum Gasteiger partial charge on any atom is 0.387 e. The van der Waals surface area contributed by atoms with Gasteiger partial charge < -0.3 is 10.1 Å². The monoisotopic (exact) mass is 343 g/mol. The Labute approximate surface area is 143 Å². The van der Waals surface area contributed by atoms with Crippen LogP contribution in [0.5, 0.6) is 5.75 Å². The van der Waals surface area contributed by atoms with Gasteiger partial charge in [-0.25, -0.2) is 9.97 Å². The first-order valence-corrected chi connectivity index (χ1v) is 7.50. The number of hydrogen-bond acceptors (Lipinski definition) is 6. The summed E-state index contributed by atoms with van der Waals surface area (Å²) >= 11 is 0. The summed E-state index contributed by atoms with van der Waals surface area (Å²) in [4.78, 5) is 17.0. The summed E-state index contributed by atoms with van der Waals surface area (Å²) in [5, 5.41) is 3.15. The van der Waals surface area contributed by atoms with Crippen molar-refractivity contribution >= 4 is 5.82 Å². The summed E-state index contributed by atoms with van der Waals surface area (Å²) in [5.41, 5.74) is 2.30. The van der Waals surface area contributed by atoms with Gasteiger partial charge in [-0.15, -0.1) is 0 Å². The van der Waals surface area contributed by atoms with E-state index in [0.29, 0.717) is 23.9 Å². The molecular formula is C17H15F2N5O. The number of halogens is 2. The van der Waals surface area contributed by atoms with Gasteiger partial charge in [0.1, 0.15) is 11.6 Å². The number of pyridine rings is 2. The lowest BCUT2D eigenvalue weighted by molar-refractivity contribution is -0.0500. The lowest BCUT2D eigenvalue weighted by atomic mass is 10.2. The van der Waals surface area contributed by atoms with Gasteiger partial charge in [0.2, 0.25) is 0 Å². The minimum Gasteiger partial charge on any atom is -0.433 e. The highest BCUT2D eigenvalue weighted by Crippen LogP contribution is 2.17. The molecule has 0 aliphatic heterocycles. The van der Waals surface area contributed by atoms with E-state index in [1.165, 1.54) is 12.3 Å². The van der Waals surface area contributed by atoms with Crippen molar-refractivity contribution in [1.29, 1.82) is 0 Å². The number of alkyl halides is 2. The van der Waals surface area contributed by atoms with E-state index < -0.39 is 6.61 Å². The van der Waals surface area contributed by atoms with Crippen LogP contribution >= 0.6 is 0 Å². The molecule has 6 nitrogen and oxygen atoms in total. The molecule has 0 unspecified atom stereocenters. The summed E-state index contributed by atoms with van der Waals surface area (Å²) in [6, 6.07) is 8.58. The zero-order valence-electron chi connectivity index (χ0n) is 13.4. The third kappa shape index (κ3) is 4.66. The third-order valence-electron chi connectivity index (χ3n) is 3.25. The Bertz CT molecular complexity index is 828. The van der Waals surface area contributed by atoms with Crippen LogP contribution in [0.15, 0.2) is 48.9 Å². The van der Waals surface area contributed by atoms with Crippen molar-refractivity contribution in [3.05, 3.63) is 60.3 Å². The van der Waals surface area contributed by atoms with Crippen molar-refractivity contribution in [3.8, 4) is 17.1 Å². The molecule has 1 N–H and O–H groups in total. The molecule has 0 bridgehead atoms. The standard InChI is InChI=1S/C17H15F2N5O/c1-11-7-15(24-16(23-11)12-3-2-6-20-8-12)22-9-13-4-5-14(10-21-13)25-17(18)19/h2-8,10,17H,9H2,1H3,(H,22,23,24). The Hall–Kier alpha value is -3.16. The maximum absolute atomic E-state index is 12.1. The molecule has 25 heavy (non-hydrogen) atoms. The summed E-state index contributed by atoms with van der Waals surface area (Å²) in [6.45, 7) is -0.597. The molecule has 0 aliphatic carbocycles. The minimum atomic E-state index is -2.86. The molecular weight excluding hydrogens is 328 g/mol. The van der Waals surface area contributed by atoms with Crippen LogP contribution in [0.25, 0.3) is 11.4 Å². The fourth-order valence-corrected chi connectivity index (χ4v) is 2.15. The topological polar surface area (TPSA) is 72.8 Å². The third-order valence-corrected chi connectivity index (χ3v) is 3.25. The van der Waals surface area contributed by atoms with Crippen LogP contribution in [0.2, 0.25) is 0 Å². The predicted molar refractivity (Wildman–Crippen MR) is 88.2 cm³/mol. The van der Waals surface area contributed by atoms with Crippen molar-refractivity contribution in [2.75, 3.05) is 5.32 Å². The van der Waals surface area contributed by atoms with E-state index in [-0.39, 0.29) is 5.75 Å². The van der Waals surface area contributed by atoms with Crippen molar-refractivity contribution in [2.45, 2.75) is 20.1 Å². The first-order valence-electron chi connectivity index (χ1n) is 7.50. The molecule has 0 aromatic carbocycles. The highest BCUT2D eigenvalue weighted by atomic mass is 19.3. The molecule has 0 saturated heterocycles. The Balaban J connectivity index is 1.70. The highest BCUT2D eigenvalue weighted by Gasteiger charge is 2.07. The molecule has 0 fully saturated rings. The number of rotatable bonds is 6. The van der Waals surface area contributed by atoms with E-state index in [4.69, 9.17) is 0 Å². The average Bonchev–Trinajstić information content (AvgIpc) is 2.61. The van der Waals surface area contributed by atoms with E-state index in [1.807, 2.05) is 25.1 Å². The fraction of sp³-hybridized carbons (Fsp3) is 0.176. The van der Waals surface area contributed by atoms with Crippen LogP contribution in [-0.4, -0.2) is 26.5 Å². The van der Waals surface area contributed by atoms with Crippen LogP contribution in [0.4, 0.5) is 14.6 Å². The van der Waals surface area contributed by atoms with Crippen molar-refractivity contribution < 1.29 is 13.5 Å². The van der Waals surface area contributed by atoms with E-state index in [0.717, 1.165) is 11.3 Å². The molecule has 0 aliphatic rings. The smallest absolute Gasteiger partial charge is 0.387 e. The lowest BCUT2D eigenvalue weighted by Crippen LogP contribution is -2.06. The molecule has 0 radical (unpaired) electrons. The number of aromatic nitrogens is 4. The zero-order valence-corrected chi connectivity index (χ0v) is 13.4.